The van der Waals surface area contributed by atoms with Crippen LogP contribution in [0.2, 0.25) is 0 Å². The van der Waals surface area contributed by atoms with Crippen molar-refractivity contribution in [1.29, 1.82) is 0 Å². The second-order valence-corrected chi connectivity index (χ2v) is 6.29. The second kappa shape index (κ2) is 7.86. The molecule has 0 bridgehead atoms. The molecule has 0 aliphatic carbocycles. The van der Waals surface area contributed by atoms with Crippen molar-refractivity contribution in [3.8, 4) is 5.75 Å². The minimum atomic E-state index is -0.522. The van der Waals surface area contributed by atoms with Crippen LogP contribution in [0.1, 0.15) is 27.3 Å². The zero-order valence-electron chi connectivity index (χ0n) is 15.2. The molecule has 27 heavy (non-hydrogen) atoms. The molecule has 0 spiro atoms. The summed E-state index contributed by atoms with van der Waals surface area (Å²) in [5, 5.41) is 11.0. The minimum Gasteiger partial charge on any atom is -0.478 e. The van der Waals surface area contributed by atoms with Crippen LogP contribution in [0, 0.1) is 24.0 Å². The molecule has 1 heterocycles. The molecule has 0 amide bonds. The van der Waals surface area contributed by atoms with Crippen LogP contribution >= 0.6 is 0 Å². The lowest BCUT2D eigenvalue weighted by Crippen LogP contribution is -2.13. The molecule has 0 saturated carbocycles. The van der Waals surface area contributed by atoms with Crippen molar-refractivity contribution >= 4 is 11.5 Å². The van der Waals surface area contributed by atoms with Crippen LogP contribution < -0.4 is 4.74 Å². The van der Waals surface area contributed by atoms with Crippen molar-refractivity contribution in [1.82, 2.24) is 4.57 Å². The van der Waals surface area contributed by atoms with E-state index in [1.54, 1.807) is 12.1 Å². The Morgan fingerprint density at radius 2 is 1.74 bits per heavy atom. The third-order valence-electron chi connectivity index (χ3n) is 4.48. The number of carbonyl (C=O) groups excluding carboxylic acids is 1. The molecule has 6 nitrogen and oxygen atoms in total. The summed E-state index contributed by atoms with van der Waals surface area (Å²) in [6.45, 7) is 4.28. The molecule has 138 valence electrons. The smallest absolute Gasteiger partial charge is 0.310 e. The van der Waals surface area contributed by atoms with Crippen molar-refractivity contribution in [3.63, 3.8) is 0 Å². The molecule has 0 fully saturated rings. The number of hydrogen-bond acceptors (Lipinski definition) is 4. The molecule has 3 rings (SSSR count). The van der Waals surface area contributed by atoms with Crippen molar-refractivity contribution in [2.24, 2.45) is 0 Å². The molecule has 6 heteroatoms. The van der Waals surface area contributed by atoms with Gasteiger partial charge in [-0.2, -0.15) is 0 Å². The third-order valence-corrected chi connectivity index (χ3v) is 4.48. The fourth-order valence-electron chi connectivity index (χ4n) is 3.04. The van der Waals surface area contributed by atoms with E-state index in [-0.39, 0.29) is 23.8 Å². The van der Waals surface area contributed by atoms with Crippen LogP contribution in [0.3, 0.4) is 0 Å². The number of hydrogen-bond donors (Lipinski definition) is 0. The lowest BCUT2D eigenvalue weighted by atomic mass is 10.1. The number of rotatable bonds is 7. The molecule has 0 radical (unpaired) electrons. The lowest BCUT2D eigenvalue weighted by Gasteiger charge is -2.10. The number of nitrogens with zero attached hydrogens (tertiary/aromatic N) is 2. The number of nitro benzene ring substituents is 1. The molecular formula is C21H20N2O4. The van der Waals surface area contributed by atoms with Gasteiger partial charge in [0.15, 0.2) is 12.4 Å². The first-order valence-electron chi connectivity index (χ1n) is 8.57. The third kappa shape index (κ3) is 4.06. The average molecular weight is 364 g/mol. The van der Waals surface area contributed by atoms with E-state index in [0.717, 1.165) is 17.0 Å². The van der Waals surface area contributed by atoms with Crippen LogP contribution in [0.4, 0.5) is 5.69 Å². The summed E-state index contributed by atoms with van der Waals surface area (Å²) >= 11 is 0. The first-order chi connectivity index (χ1) is 13.0. The highest BCUT2D eigenvalue weighted by atomic mass is 16.6. The zero-order valence-corrected chi connectivity index (χ0v) is 15.2. The number of ether oxygens (including phenoxy) is 1. The Hall–Kier alpha value is -3.41. The second-order valence-electron chi connectivity index (χ2n) is 6.29. The maximum Gasteiger partial charge on any atom is 0.310 e. The zero-order chi connectivity index (χ0) is 19.4. The summed E-state index contributed by atoms with van der Waals surface area (Å²) in [7, 11) is 0. The highest BCUT2D eigenvalue weighted by Gasteiger charge is 2.19. The number of aryl methyl sites for hydroxylation is 1. The first-order valence-corrected chi connectivity index (χ1v) is 8.57. The lowest BCUT2D eigenvalue weighted by molar-refractivity contribution is -0.385. The van der Waals surface area contributed by atoms with E-state index in [4.69, 9.17) is 4.74 Å². The molecule has 0 N–H and O–H groups in total. The normalized spacial score (nSPS) is 10.6. The van der Waals surface area contributed by atoms with Gasteiger partial charge in [-0.25, -0.2) is 0 Å². The van der Waals surface area contributed by atoms with Gasteiger partial charge in [-0.1, -0.05) is 42.5 Å². The van der Waals surface area contributed by atoms with Gasteiger partial charge < -0.3 is 9.30 Å². The summed E-state index contributed by atoms with van der Waals surface area (Å²) < 4.78 is 7.51. The van der Waals surface area contributed by atoms with Crippen LogP contribution in [-0.4, -0.2) is 21.9 Å². The molecular weight excluding hydrogens is 344 g/mol. The molecule has 1 aromatic heterocycles. The Morgan fingerprint density at radius 3 is 2.44 bits per heavy atom. The highest BCUT2D eigenvalue weighted by Crippen LogP contribution is 2.26. The molecule has 0 aliphatic rings. The predicted molar refractivity (Wildman–Crippen MR) is 102 cm³/mol. The average Bonchev–Trinajstić information content (AvgIpc) is 2.95. The summed E-state index contributed by atoms with van der Waals surface area (Å²) in [5.74, 6) is -0.116. The monoisotopic (exact) mass is 364 g/mol. The number of benzene rings is 2. The van der Waals surface area contributed by atoms with Gasteiger partial charge in [-0.15, -0.1) is 0 Å². The quantitative estimate of drug-likeness (QED) is 0.355. The van der Waals surface area contributed by atoms with Gasteiger partial charge in [0, 0.05) is 29.6 Å². The topological polar surface area (TPSA) is 74.4 Å². The van der Waals surface area contributed by atoms with Gasteiger partial charge in [0.25, 0.3) is 0 Å². The Bertz CT molecular complexity index is 977. The van der Waals surface area contributed by atoms with Crippen LogP contribution in [-0.2, 0) is 6.54 Å². The van der Waals surface area contributed by atoms with Gasteiger partial charge in [-0.3, -0.25) is 14.9 Å². The predicted octanol–water partition coefficient (Wildman–Crippen LogP) is 4.32. The van der Waals surface area contributed by atoms with E-state index in [1.165, 1.54) is 12.1 Å². The summed E-state index contributed by atoms with van der Waals surface area (Å²) in [5.41, 5.74) is 3.40. The number of ketones is 1. The summed E-state index contributed by atoms with van der Waals surface area (Å²) in [6, 6.07) is 17.9. The van der Waals surface area contributed by atoms with Crippen molar-refractivity contribution < 1.29 is 14.5 Å². The van der Waals surface area contributed by atoms with Gasteiger partial charge in [-0.05, 0) is 31.5 Å². The fraction of sp³-hybridized carbons (Fsp3) is 0.190. The van der Waals surface area contributed by atoms with E-state index < -0.39 is 4.92 Å². The van der Waals surface area contributed by atoms with Gasteiger partial charge in [0.1, 0.15) is 0 Å². The van der Waals surface area contributed by atoms with Crippen molar-refractivity contribution in [2.75, 3.05) is 6.61 Å². The Kier molecular flexibility index (Phi) is 5.35. The van der Waals surface area contributed by atoms with E-state index in [9.17, 15) is 14.9 Å². The number of aromatic nitrogens is 1. The SMILES string of the molecule is Cc1cc(C(=O)COc2ccccc2[N+](=O)[O-])c(C)n1Cc1ccccc1. The minimum absolute atomic E-state index is 0.0916. The number of Topliss-reactive ketones (excluding diaryl/α,β-unsaturated/α-hetero) is 1. The molecule has 2 aromatic carbocycles. The van der Waals surface area contributed by atoms with Gasteiger partial charge in [0.05, 0.1) is 4.92 Å². The Balaban J connectivity index is 1.76. The molecule has 0 atom stereocenters. The first kappa shape index (κ1) is 18.4. The van der Waals surface area contributed by atoms with E-state index in [1.807, 2.05) is 50.2 Å². The van der Waals surface area contributed by atoms with E-state index >= 15 is 0 Å². The summed E-state index contributed by atoms with van der Waals surface area (Å²) in [4.78, 5) is 23.2. The Morgan fingerprint density at radius 1 is 1.07 bits per heavy atom. The van der Waals surface area contributed by atoms with Crippen molar-refractivity contribution in [2.45, 2.75) is 20.4 Å². The van der Waals surface area contributed by atoms with Gasteiger partial charge >= 0.3 is 5.69 Å². The van der Waals surface area contributed by atoms with E-state index in [2.05, 4.69) is 4.57 Å². The number of carbonyl (C=O) groups is 1. The maximum absolute atomic E-state index is 12.6. The maximum atomic E-state index is 12.6. The fourth-order valence-corrected chi connectivity index (χ4v) is 3.04. The Labute approximate surface area is 157 Å². The summed E-state index contributed by atoms with van der Waals surface area (Å²) in [6.07, 6.45) is 0. The van der Waals surface area contributed by atoms with Crippen LogP contribution in [0.15, 0.2) is 60.7 Å². The van der Waals surface area contributed by atoms with Crippen molar-refractivity contribution in [3.05, 3.63) is 93.3 Å². The van der Waals surface area contributed by atoms with Crippen LogP contribution in [0.5, 0.6) is 5.75 Å². The molecule has 0 aliphatic heterocycles. The highest BCUT2D eigenvalue weighted by molar-refractivity contribution is 5.98. The largest absolute Gasteiger partial charge is 0.478 e. The van der Waals surface area contributed by atoms with Gasteiger partial charge in [0.2, 0.25) is 5.78 Å². The standard InChI is InChI=1S/C21H20N2O4/c1-15-12-18(16(2)22(15)13-17-8-4-3-5-9-17)20(24)14-27-21-11-7-6-10-19(21)23(25)26/h3-12H,13-14H2,1-2H3. The number of para-hydroxylation sites is 2. The molecule has 3 aromatic rings. The van der Waals surface area contributed by atoms with E-state index in [0.29, 0.717) is 12.1 Å². The van der Waals surface area contributed by atoms with Crippen LogP contribution in [0.25, 0.3) is 0 Å². The molecule has 0 unspecified atom stereocenters. The number of nitro groups is 1. The molecule has 0 saturated heterocycles.